The Morgan fingerprint density at radius 3 is 2.22 bits per heavy atom. The standard InChI is InChI=1S/C20H27NO2/c1-3-22-19-8-4-5-9-20(19)23-14-6-7-18(15-21)17-12-10-16(2)11-13-17/h4-5,8-13,18H,3,6-7,14-15,21H2,1-2H3. The molecule has 2 aromatic rings. The van der Waals surface area contributed by atoms with E-state index < -0.39 is 0 Å². The Kier molecular flexibility index (Phi) is 6.95. The first-order valence-corrected chi connectivity index (χ1v) is 8.35. The molecular weight excluding hydrogens is 286 g/mol. The Bertz CT molecular complexity index is 580. The van der Waals surface area contributed by atoms with Gasteiger partial charge >= 0.3 is 0 Å². The molecule has 0 radical (unpaired) electrons. The second-order valence-electron chi connectivity index (χ2n) is 5.71. The minimum atomic E-state index is 0.390. The topological polar surface area (TPSA) is 44.5 Å². The monoisotopic (exact) mass is 313 g/mol. The summed E-state index contributed by atoms with van der Waals surface area (Å²) in [5, 5.41) is 0. The van der Waals surface area contributed by atoms with Crippen LogP contribution in [-0.4, -0.2) is 19.8 Å². The Labute approximate surface area is 139 Å². The number of aryl methyl sites for hydroxylation is 1. The number of rotatable bonds is 9. The number of hydrogen-bond acceptors (Lipinski definition) is 3. The smallest absolute Gasteiger partial charge is 0.161 e. The van der Waals surface area contributed by atoms with Crippen molar-refractivity contribution in [1.82, 2.24) is 0 Å². The van der Waals surface area contributed by atoms with Gasteiger partial charge in [0, 0.05) is 0 Å². The molecule has 1 atom stereocenters. The fourth-order valence-corrected chi connectivity index (χ4v) is 2.62. The van der Waals surface area contributed by atoms with Crippen LogP contribution in [0.15, 0.2) is 48.5 Å². The zero-order chi connectivity index (χ0) is 16.5. The predicted octanol–water partition coefficient (Wildman–Crippen LogP) is 4.30. The van der Waals surface area contributed by atoms with Crippen LogP contribution in [0.4, 0.5) is 0 Å². The average molecular weight is 313 g/mol. The minimum absolute atomic E-state index is 0.390. The maximum absolute atomic E-state index is 5.94. The van der Waals surface area contributed by atoms with Crippen molar-refractivity contribution in [2.24, 2.45) is 5.73 Å². The first-order chi connectivity index (χ1) is 11.2. The molecule has 0 saturated heterocycles. The van der Waals surface area contributed by atoms with Crippen LogP contribution in [-0.2, 0) is 0 Å². The lowest BCUT2D eigenvalue weighted by molar-refractivity contribution is 0.269. The molecule has 0 fully saturated rings. The molecule has 23 heavy (non-hydrogen) atoms. The molecule has 0 aromatic heterocycles. The predicted molar refractivity (Wildman–Crippen MR) is 95.3 cm³/mol. The summed E-state index contributed by atoms with van der Waals surface area (Å²) in [6.45, 7) is 6.06. The summed E-state index contributed by atoms with van der Waals surface area (Å²) in [6.07, 6.45) is 1.99. The molecule has 0 saturated carbocycles. The first-order valence-electron chi connectivity index (χ1n) is 8.35. The number of hydrogen-bond donors (Lipinski definition) is 1. The molecule has 0 bridgehead atoms. The lowest BCUT2D eigenvalue weighted by Gasteiger charge is -2.16. The maximum atomic E-state index is 5.94. The highest BCUT2D eigenvalue weighted by Gasteiger charge is 2.10. The Hall–Kier alpha value is -2.00. The molecule has 0 amide bonds. The van der Waals surface area contributed by atoms with Gasteiger partial charge in [-0.3, -0.25) is 0 Å². The van der Waals surface area contributed by atoms with Gasteiger partial charge in [0.15, 0.2) is 11.5 Å². The van der Waals surface area contributed by atoms with Crippen molar-refractivity contribution in [1.29, 1.82) is 0 Å². The fourth-order valence-electron chi connectivity index (χ4n) is 2.62. The Morgan fingerprint density at radius 2 is 1.61 bits per heavy atom. The summed E-state index contributed by atoms with van der Waals surface area (Å²) in [7, 11) is 0. The lowest BCUT2D eigenvalue weighted by Crippen LogP contribution is -2.13. The van der Waals surface area contributed by atoms with E-state index in [0.717, 1.165) is 24.3 Å². The van der Waals surface area contributed by atoms with Crippen molar-refractivity contribution in [3.8, 4) is 11.5 Å². The summed E-state index contributed by atoms with van der Waals surface area (Å²) in [6, 6.07) is 16.5. The van der Waals surface area contributed by atoms with Crippen molar-refractivity contribution < 1.29 is 9.47 Å². The third-order valence-corrected chi connectivity index (χ3v) is 3.94. The molecule has 0 aliphatic heterocycles. The van der Waals surface area contributed by atoms with Gasteiger partial charge in [0.05, 0.1) is 13.2 Å². The Morgan fingerprint density at radius 1 is 0.957 bits per heavy atom. The molecule has 2 aromatic carbocycles. The number of para-hydroxylation sites is 2. The zero-order valence-electron chi connectivity index (χ0n) is 14.1. The summed E-state index contributed by atoms with van der Waals surface area (Å²) in [5.41, 5.74) is 8.53. The summed E-state index contributed by atoms with van der Waals surface area (Å²) in [5.74, 6) is 2.01. The van der Waals surface area contributed by atoms with Crippen LogP contribution in [0.3, 0.4) is 0 Å². The van der Waals surface area contributed by atoms with Crippen LogP contribution in [0.25, 0.3) is 0 Å². The van der Waals surface area contributed by atoms with Crippen molar-refractivity contribution in [3.05, 3.63) is 59.7 Å². The van der Waals surface area contributed by atoms with Crippen LogP contribution < -0.4 is 15.2 Å². The van der Waals surface area contributed by atoms with Gasteiger partial charge in [-0.25, -0.2) is 0 Å². The lowest BCUT2D eigenvalue weighted by atomic mass is 9.94. The van der Waals surface area contributed by atoms with E-state index >= 15 is 0 Å². The zero-order valence-corrected chi connectivity index (χ0v) is 14.1. The van der Waals surface area contributed by atoms with E-state index in [-0.39, 0.29) is 0 Å². The second kappa shape index (κ2) is 9.21. The van der Waals surface area contributed by atoms with E-state index in [0.29, 0.717) is 25.7 Å². The molecule has 3 nitrogen and oxygen atoms in total. The SMILES string of the molecule is CCOc1ccccc1OCCCC(CN)c1ccc(C)cc1. The number of benzene rings is 2. The van der Waals surface area contributed by atoms with Gasteiger partial charge in [0.25, 0.3) is 0 Å². The summed E-state index contributed by atoms with van der Waals surface area (Å²) < 4.78 is 11.4. The maximum Gasteiger partial charge on any atom is 0.161 e. The largest absolute Gasteiger partial charge is 0.490 e. The van der Waals surface area contributed by atoms with Crippen LogP contribution in [0.1, 0.15) is 36.8 Å². The molecule has 124 valence electrons. The minimum Gasteiger partial charge on any atom is -0.490 e. The van der Waals surface area contributed by atoms with Gasteiger partial charge in [-0.05, 0) is 56.8 Å². The normalized spacial score (nSPS) is 12.0. The second-order valence-corrected chi connectivity index (χ2v) is 5.71. The molecule has 0 aliphatic rings. The molecule has 2 rings (SSSR count). The molecule has 0 heterocycles. The average Bonchev–Trinajstić information content (AvgIpc) is 2.58. The molecule has 3 heteroatoms. The van der Waals surface area contributed by atoms with Crippen LogP contribution in [0, 0.1) is 6.92 Å². The Balaban J connectivity index is 1.83. The highest BCUT2D eigenvalue weighted by Crippen LogP contribution is 2.27. The number of ether oxygens (including phenoxy) is 2. The highest BCUT2D eigenvalue weighted by atomic mass is 16.5. The highest BCUT2D eigenvalue weighted by molar-refractivity contribution is 5.39. The van der Waals surface area contributed by atoms with Crippen LogP contribution in [0.5, 0.6) is 11.5 Å². The van der Waals surface area contributed by atoms with E-state index in [1.807, 2.05) is 31.2 Å². The van der Waals surface area contributed by atoms with E-state index in [2.05, 4.69) is 31.2 Å². The van der Waals surface area contributed by atoms with Crippen LogP contribution in [0.2, 0.25) is 0 Å². The van der Waals surface area contributed by atoms with E-state index in [1.54, 1.807) is 0 Å². The van der Waals surface area contributed by atoms with E-state index in [4.69, 9.17) is 15.2 Å². The van der Waals surface area contributed by atoms with Gasteiger partial charge in [-0.1, -0.05) is 42.0 Å². The third kappa shape index (κ3) is 5.29. The van der Waals surface area contributed by atoms with Gasteiger partial charge in [0.1, 0.15) is 0 Å². The third-order valence-electron chi connectivity index (χ3n) is 3.94. The van der Waals surface area contributed by atoms with Gasteiger partial charge in [-0.15, -0.1) is 0 Å². The summed E-state index contributed by atoms with van der Waals surface area (Å²) in [4.78, 5) is 0. The van der Waals surface area contributed by atoms with E-state index in [9.17, 15) is 0 Å². The summed E-state index contributed by atoms with van der Waals surface area (Å²) >= 11 is 0. The molecule has 2 N–H and O–H groups in total. The number of nitrogens with two attached hydrogens (primary N) is 1. The van der Waals surface area contributed by atoms with Crippen molar-refractivity contribution >= 4 is 0 Å². The van der Waals surface area contributed by atoms with Gasteiger partial charge < -0.3 is 15.2 Å². The quantitative estimate of drug-likeness (QED) is 0.702. The molecular formula is C20H27NO2. The molecule has 0 aliphatic carbocycles. The van der Waals surface area contributed by atoms with Crippen molar-refractivity contribution in [2.75, 3.05) is 19.8 Å². The van der Waals surface area contributed by atoms with E-state index in [1.165, 1.54) is 11.1 Å². The van der Waals surface area contributed by atoms with Gasteiger partial charge in [0.2, 0.25) is 0 Å². The van der Waals surface area contributed by atoms with Crippen LogP contribution >= 0.6 is 0 Å². The first kappa shape index (κ1) is 17.4. The molecule has 1 unspecified atom stereocenters. The van der Waals surface area contributed by atoms with Crippen molar-refractivity contribution in [2.45, 2.75) is 32.6 Å². The van der Waals surface area contributed by atoms with Gasteiger partial charge in [-0.2, -0.15) is 0 Å². The fraction of sp³-hybridized carbons (Fsp3) is 0.400. The molecule has 0 spiro atoms. The van der Waals surface area contributed by atoms with Crippen molar-refractivity contribution in [3.63, 3.8) is 0 Å².